The van der Waals surface area contributed by atoms with Crippen molar-refractivity contribution in [2.45, 2.75) is 44.2 Å². The molecule has 0 unspecified atom stereocenters. The Hall–Kier alpha value is -3.16. The van der Waals surface area contributed by atoms with Crippen LogP contribution in [0, 0.1) is 6.92 Å². The molecule has 0 aliphatic carbocycles. The van der Waals surface area contributed by atoms with Gasteiger partial charge in [-0.05, 0) is 61.6 Å². The molecule has 0 spiro atoms. The molecule has 3 rings (SSSR count). The molecule has 0 saturated carbocycles. The van der Waals surface area contributed by atoms with Crippen molar-refractivity contribution in [2.24, 2.45) is 0 Å². The molecule has 174 valence electrons. The number of nitrogens with one attached hydrogen (secondary N) is 2. The summed E-state index contributed by atoms with van der Waals surface area (Å²) in [5.41, 5.74) is 2.75. The summed E-state index contributed by atoms with van der Waals surface area (Å²) in [7, 11) is -3.66. The van der Waals surface area contributed by atoms with E-state index in [4.69, 9.17) is 4.74 Å². The SMILES string of the molecule is Cc1cc(S(=O)(=O)NCc2ccccc2)ccc1OCC(=O)N[C@@H](C)CCc1ccccc1. The van der Waals surface area contributed by atoms with E-state index in [9.17, 15) is 13.2 Å². The fourth-order valence-electron chi connectivity index (χ4n) is 3.37. The topological polar surface area (TPSA) is 84.5 Å². The zero-order valence-electron chi connectivity index (χ0n) is 19.0. The van der Waals surface area contributed by atoms with Crippen LogP contribution in [0.5, 0.6) is 5.75 Å². The lowest BCUT2D eigenvalue weighted by Crippen LogP contribution is -2.36. The standard InChI is InChI=1S/C26H30N2O4S/c1-20-17-24(33(30,31)27-18-23-11-7-4-8-12-23)15-16-25(20)32-19-26(29)28-21(2)13-14-22-9-5-3-6-10-22/h3-12,15-17,21,27H,13-14,18-19H2,1-2H3,(H,28,29)/t21-/m0/s1. The zero-order valence-corrected chi connectivity index (χ0v) is 19.8. The minimum atomic E-state index is -3.66. The maximum atomic E-state index is 12.6. The van der Waals surface area contributed by atoms with Crippen molar-refractivity contribution >= 4 is 15.9 Å². The largest absolute Gasteiger partial charge is 0.484 e. The van der Waals surface area contributed by atoms with Crippen LogP contribution >= 0.6 is 0 Å². The average molecular weight is 467 g/mol. The summed E-state index contributed by atoms with van der Waals surface area (Å²) in [5, 5.41) is 2.94. The third-order valence-electron chi connectivity index (χ3n) is 5.24. The van der Waals surface area contributed by atoms with E-state index in [1.807, 2.05) is 55.5 Å². The highest BCUT2D eigenvalue weighted by atomic mass is 32.2. The molecule has 1 atom stereocenters. The smallest absolute Gasteiger partial charge is 0.258 e. The minimum Gasteiger partial charge on any atom is -0.484 e. The molecule has 2 N–H and O–H groups in total. The van der Waals surface area contributed by atoms with Gasteiger partial charge in [0, 0.05) is 12.6 Å². The normalized spacial score (nSPS) is 12.2. The number of ether oxygens (including phenoxy) is 1. The van der Waals surface area contributed by atoms with Gasteiger partial charge >= 0.3 is 0 Å². The van der Waals surface area contributed by atoms with Crippen LogP contribution in [0.4, 0.5) is 0 Å². The second kappa shape index (κ2) is 11.6. The van der Waals surface area contributed by atoms with E-state index in [2.05, 4.69) is 22.2 Å². The van der Waals surface area contributed by atoms with Gasteiger partial charge in [0.2, 0.25) is 10.0 Å². The van der Waals surface area contributed by atoms with E-state index in [0.29, 0.717) is 11.3 Å². The molecule has 0 saturated heterocycles. The van der Waals surface area contributed by atoms with Crippen molar-refractivity contribution in [2.75, 3.05) is 6.61 Å². The molecular formula is C26H30N2O4S. The summed E-state index contributed by atoms with van der Waals surface area (Å²) in [6.45, 7) is 3.80. The number of benzene rings is 3. The Balaban J connectivity index is 1.48. The highest BCUT2D eigenvalue weighted by molar-refractivity contribution is 7.89. The van der Waals surface area contributed by atoms with Crippen molar-refractivity contribution in [1.29, 1.82) is 0 Å². The van der Waals surface area contributed by atoms with Gasteiger partial charge in [0.15, 0.2) is 6.61 Å². The number of aryl methyl sites for hydroxylation is 2. The first-order valence-corrected chi connectivity index (χ1v) is 12.4. The van der Waals surface area contributed by atoms with Gasteiger partial charge in [0.1, 0.15) is 5.75 Å². The lowest BCUT2D eigenvalue weighted by molar-refractivity contribution is -0.123. The van der Waals surface area contributed by atoms with Crippen molar-refractivity contribution in [3.8, 4) is 5.75 Å². The van der Waals surface area contributed by atoms with Crippen LogP contribution in [-0.4, -0.2) is 27.0 Å². The summed E-state index contributed by atoms with van der Waals surface area (Å²) in [6.07, 6.45) is 1.72. The van der Waals surface area contributed by atoms with Gasteiger partial charge < -0.3 is 10.1 Å². The monoisotopic (exact) mass is 466 g/mol. The van der Waals surface area contributed by atoms with Crippen LogP contribution in [0.3, 0.4) is 0 Å². The first-order valence-electron chi connectivity index (χ1n) is 10.9. The molecule has 1 amide bonds. The van der Waals surface area contributed by atoms with Gasteiger partial charge in [-0.1, -0.05) is 60.7 Å². The lowest BCUT2D eigenvalue weighted by Gasteiger charge is -2.15. The Morgan fingerprint density at radius 1 is 0.939 bits per heavy atom. The van der Waals surface area contributed by atoms with Gasteiger partial charge in [-0.25, -0.2) is 13.1 Å². The van der Waals surface area contributed by atoms with Gasteiger partial charge in [-0.2, -0.15) is 0 Å². The van der Waals surface area contributed by atoms with E-state index >= 15 is 0 Å². The van der Waals surface area contributed by atoms with E-state index in [1.54, 1.807) is 19.1 Å². The Morgan fingerprint density at radius 2 is 1.58 bits per heavy atom. The Kier molecular flexibility index (Phi) is 8.63. The van der Waals surface area contributed by atoms with Crippen molar-refractivity contribution < 1.29 is 17.9 Å². The quantitative estimate of drug-likeness (QED) is 0.448. The van der Waals surface area contributed by atoms with Gasteiger partial charge in [0.05, 0.1) is 4.90 Å². The Bertz CT molecular complexity index is 1150. The maximum absolute atomic E-state index is 12.6. The number of carbonyl (C=O) groups is 1. The minimum absolute atomic E-state index is 0.0191. The summed E-state index contributed by atoms with van der Waals surface area (Å²) in [4.78, 5) is 12.4. The average Bonchev–Trinajstić information content (AvgIpc) is 2.82. The number of amides is 1. The predicted octanol–water partition coefficient (Wildman–Crippen LogP) is 3.99. The Morgan fingerprint density at radius 3 is 2.21 bits per heavy atom. The fourth-order valence-corrected chi connectivity index (χ4v) is 4.47. The maximum Gasteiger partial charge on any atom is 0.258 e. The molecule has 0 fully saturated rings. The molecule has 33 heavy (non-hydrogen) atoms. The number of rotatable bonds is 11. The molecule has 0 aliphatic rings. The molecule has 0 aromatic heterocycles. The molecule has 0 bridgehead atoms. The highest BCUT2D eigenvalue weighted by Gasteiger charge is 2.16. The van der Waals surface area contributed by atoms with E-state index in [-0.39, 0.29) is 30.0 Å². The lowest BCUT2D eigenvalue weighted by atomic mass is 10.1. The number of carbonyl (C=O) groups excluding carboxylic acids is 1. The van der Waals surface area contributed by atoms with Crippen LogP contribution in [-0.2, 0) is 27.8 Å². The van der Waals surface area contributed by atoms with Gasteiger partial charge in [-0.15, -0.1) is 0 Å². The third-order valence-corrected chi connectivity index (χ3v) is 6.64. The first-order chi connectivity index (χ1) is 15.8. The molecule has 0 radical (unpaired) electrons. The van der Waals surface area contributed by atoms with Crippen LogP contribution in [0.15, 0.2) is 83.8 Å². The second-order valence-electron chi connectivity index (χ2n) is 8.02. The molecule has 0 aliphatic heterocycles. The number of sulfonamides is 1. The van der Waals surface area contributed by atoms with Crippen LogP contribution in [0.2, 0.25) is 0 Å². The molecule has 7 heteroatoms. The zero-order chi connectivity index (χ0) is 23.7. The molecule has 3 aromatic carbocycles. The van der Waals surface area contributed by atoms with Crippen LogP contribution < -0.4 is 14.8 Å². The van der Waals surface area contributed by atoms with E-state index < -0.39 is 10.0 Å². The molecular weight excluding hydrogens is 436 g/mol. The fraction of sp³-hybridized carbons (Fsp3) is 0.269. The van der Waals surface area contributed by atoms with E-state index in [1.165, 1.54) is 11.6 Å². The van der Waals surface area contributed by atoms with Crippen LogP contribution in [0.25, 0.3) is 0 Å². The molecule has 3 aromatic rings. The molecule has 6 nitrogen and oxygen atoms in total. The highest BCUT2D eigenvalue weighted by Crippen LogP contribution is 2.22. The first kappa shape index (κ1) is 24.5. The second-order valence-corrected chi connectivity index (χ2v) is 9.79. The summed E-state index contributed by atoms with van der Waals surface area (Å²) in [6, 6.07) is 24.1. The number of hydrogen-bond acceptors (Lipinski definition) is 4. The van der Waals surface area contributed by atoms with Gasteiger partial charge in [0.25, 0.3) is 5.91 Å². The molecule has 0 heterocycles. The predicted molar refractivity (Wildman–Crippen MR) is 130 cm³/mol. The van der Waals surface area contributed by atoms with Crippen molar-refractivity contribution in [1.82, 2.24) is 10.0 Å². The summed E-state index contributed by atoms with van der Waals surface area (Å²) in [5.74, 6) is 0.264. The van der Waals surface area contributed by atoms with E-state index in [0.717, 1.165) is 18.4 Å². The summed E-state index contributed by atoms with van der Waals surface area (Å²) >= 11 is 0. The van der Waals surface area contributed by atoms with Crippen molar-refractivity contribution in [3.63, 3.8) is 0 Å². The van der Waals surface area contributed by atoms with Gasteiger partial charge in [-0.3, -0.25) is 4.79 Å². The Labute approximate surface area is 196 Å². The van der Waals surface area contributed by atoms with Crippen LogP contribution in [0.1, 0.15) is 30.0 Å². The third kappa shape index (κ3) is 7.73. The summed E-state index contributed by atoms with van der Waals surface area (Å²) < 4.78 is 33.4. The van der Waals surface area contributed by atoms with Crippen molar-refractivity contribution in [3.05, 3.63) is 95.6 Å². The number of hydrogen-bond donors (Lipinski definition) is 2.